The van der Waals surface area contributed by atoms with Gasteiger partial charge in [-0.25, -0.2) is 12.8 Å². The summed E-state index contributed by atoms with van der Waals surface area (Å²) < 4.78 is 39.9. The van der Waals surface area contributed by atoms with E-state index in [1.54, 1.807) is 0 Å². The van der Waals surface area contributed by atoms with E-state index in [4.69, 9.17) is 0 Å². The van der Waals surface area contributed by atoms with Crippen molar-refractivity contribution in [2.75, 3.05) is 0 Å². The van der Waals surface area contributed by atoms with Gasteiger partial charge in [-0.1, -0.05) is 24.3 Å². The van der Waals surface area contributed by atoms with Crippen molar-refractivity contribution in [3.63, 3.8) is 0 Å². The van der Waals surface area contributed by atoms with E-state index >= 15 is 0 Å². The Bertz CT molecular complexity index is 805. The highest BCUT2D eigenvalue weighted by molar-refractivity contribution is 7.89. The topological polar surface area (TPSA) is 104 Å². The van der Waals surface area contributed by atoms with Gasteiger partial charge in [-0.2, -0.15) is 4.72 Å². The van der Waals surface area contributed by atoms with Crippen LogP contribution >= 0.6 is 0 Å². The van der Waals surface area contributed by atoms with Crippen molar-refractivity contribution in [3.8, 4) is 5.75 Å². The van der Waals surface area contributed by atoms with Crippen LogP contribution in [0.25, 0.3) is 0 Å². The highest BCUT2D eigenvalue weighted by Gasteiger charge is 2.27. The number of phenols is 1. The summed E-state index contributed by atoms with van der Waals surface area (Å²) in [6.45, 7) is 0. The van der Waals surface area contributed by atoms with E-state index in [1.807, 2.05) is 4.72 Å². The van der Waals surface area contributed by atoms with Crippen molar-refractivity contribution in [1.29, 1.82) is 0 Å². The van der Waals surface area contributed by atoms with Gasteiger partial charge in [0.1, 0.15) is 22.5 Å². The Labute approximate surface area is 132 Å². The van der Waals surface area contributed by atoms with E-state index < -0.39 is 32.7 Å². The fraction of sp³-hybridized carbons (Fsp3) is 0.133. The third kappa shape index (κ3) is 4.27. The fourth-order valence-corrected chi connectivity index (χ4v) is 3.23. The molecular weight excluding hydrogens is 325 g/mol. The standard InChI is InChI=1S/C15H14FNO5S/c16-12-3-1-2-4-14(12)23(21,22)17-13(15(19)20)9-10-5-7-11(18)8-6-10/h1-8,13,17-18H,9H2,(H,19,20)/t13-/m0/s1. The van der Waals surface area contributed by atoms with Crippen LogP contribution < -0.4 is 4.72 Å². The van der Waals surface area contributed by atoms with Crippen LogP contribution in [0.5, 0.6) is 5.75 Å². The number of carboxylic acid groups (broad SMARTS) is 1. The van der Waals surface area contributed by atoms with Gasteiger partial charge in [0.2, 0.25) is 10.0 Å². The summed E-state index contributed by atoms with van der Waals surface area (Å²) in [5, 5.41) is 18.4. The number of phenolic OH excluding ortho intramolecular Hbond substituents is 1. The molecule has 2 aromatic carbocycles. The van der Waals surface area contributed by atoms with E-state index in [1.165, 1.54) is 36.4 Å². The van der Waals surface area contributed by atoms with Crippen LogP contribution in [0, 0.1) is 5.82 Å². The molecule has 3 N–H and O–H groups in total. The average molecular weight is 339 g/mol. The zero-order chi connectivity index (χ0) is 17.0. The van der Waals surface area contributed by atoms with E-state index in [2.05, 4.69) is 0 Å². The van der Waals surface area contributed by atoms with Crippen molar-refractivity contribution in [2.24, 2.45) is 0 Å². The average Bonchev–Trinajstić information content (AvgIpc) is 2.48. The minimum atomic E-state index is -4.32. The third-order valence-corrected chi connectivity index (χ3v) is 4.60. The van der Waals surface area contributed by atoms with Crippen molar-refractivity contribution >= 4 is 16.0 Å². The Morgan fingerprint density at radius 1 is 1.13 bits per heavy atom. The Balaban J connectivity index is 2.24. The number of carboxylic acids is 1. The second-order valence-electron chi connectivity index (χ2n) is 4.81. The molecule has 0 saturated carbocycles. The molecule has 0 aliphatic rings. The van der Waals surface area contributed by atoms with Gasteiger partial charge in [-0.15, -0.1) is 0 Å². The fourth-order valence-electron chi connectivity index (χ4n) is 1.96. The molecule has 0 bridgehead atoms. The molecule has 0 spiro atoms. The lowest BCUT2D eigenvalue weighted by molar-refractivity contribution is -0.138. The minimum absolute atomic E-state index is 0.00700. The smallest absolute Gasteiger partial charge is 0.322 e. The molecule has 6 nitrogen and oxygen atoms in total. The second-order valence-corrected chi connectivity index (χ2v) is 6.50. The van der Waals surface area contributed by atoms with E-state index in [-0.39, 0.29) is 12.2 Å². The lowest BCUT2D eigenvalue weighted by Crippen LogP contribution is -2.42. The number of carbonyl (C=O) groups is 1. The SMILES string of the molecule is O=C(O)[C@H](Cc1ccc(O)cc1)NS(=O)(=O)c1ccccc1F. The molecule has 2 aromatic rings. The first-order valence-electron chi connectivity index (χ1n) is 6.57. The van der Waals surface area contributed by atoms with Crippen LogP contribution in [0.4, 0.5) is 4.39 Å². The summed E-state index contributed by atoms with van der Waals surface area (Å²) in [6.07, 6.45) is -0.150. The molecular formula is C15H14FNO5S. The molecule has 0 aliphatic heterocycles. The van der Waals surface area contributed by atoms with Crippen molar-refractivity contribution in [1.82, 2.24) is 4.72 Å². The van der Waals surface area contributed by atoms with E-state index in [9.17, 15) is 27.8 Å². The molecule has 0 heterocycles. The summed E-state index contributed by atoms with van der Waals surface area (Å²) >= 11 is 0. The molecule has 0 radical (unpaired) electrons. The summed E-state index contributed by atoms with van der Waals surface area (Å²) in [6, 6.07) is 8.91. The normalized spacial score (nSPS) is 12.7. The predicted molar refractivity (Wildman–Crippen MR) is 80.0 cm³/mol. The van der Waals surface area contributed by atoms with Crippen LogP contribution in [0.3, 0.4) is 0 Å². The van der Waals surface area contributed by atoms with Gasteiger partial charge >= 0.3 is 5.97 Å². The number of aliphatic carboxylic acids is 1. The van der Waals surface area contributed by atoms with Gasteiger partial charge in [-0.3, -0.25) is 4.79 Å². The molecule has 2 rings (SSSR count). The number of hydrogen-bond donors (Lipinski definition) is 3. The molecule has 8 heteroatoms. The molecule has 122 valence electrons. The predicted octanol–water partition coefficient (Wildman–Crippen LogP) is 1.51. The van der Waals surface area contributed by atoms with Crippen LogP contribution in [-0.4, -0.2) is 30.6 Å². The molecule has 1 atom stereocenters. The lowest BCUT2D eigenvalue weighted by atomic mass is 10.1. The molecule has 23 heavy (non-hydrogen) atoms. The van der Waals surface area contributed by atoms with Crippen molar-refractivity contribution in [2.45, 2.75) is 17.4 Å². The quantitative estimate of drug-likeness (QED) is 0.740. The van der Waals surface area contributed by atoms with Crippen molar-refractivity contribution in [3.05, 3.63) is 59.9 Å². The third-order valence-electron chi connectivity index (χ3n) is 3.10. The van der Waals surface area contributed by atoms with Gasteiger partial charge in [0.15, 0.2) is 0 Å². The van der Waals surface area contributed by atoms with Crippen LogP contribution in [-0.2, 0) is 21.2 Å². The first kappa shape index (κ1) is 16.9. The van der Waals surface area contributed by atoms with Crippen LogP contribution in [0.15, 0.2) is 53.4 Å². The molecule has 0 fully saturated rings. The van der Waals surface area contributed by atoms with Crippen molar-refractivity contribution < 1.29 is 27.8 Å². The molecule has 0 aromatic heterocycles. The van der Waals surface area contributed by atoms with Crippen LogP contribution in [0.1, 0.15) is 5.56 Å². The van der Waals surface area contributed by atoms with E-state index in [0.29, 0.717) is 5.56 Å². The maximum Gasteiger partial charge on any atom is 0.322 e. The van der Waals surface area contributed by atoms with Gasteiger partial charge < -0.3 is 10.2 Å². The largest absolute Gasteiger partial charge is 0.508 e. The summed E-state index contributed by atoms with van der Waals surface area (Å²) in [5.74, 6) is -2.35. The Hall–Kier alpha value is -2.45. The minimum Gasteiger partial charge on any atom is -0.508 e. The molecule has 0 amide bonds. The first-order valence-corrected chi connectivity index (χ1v) is 8.05. The highest BCUT2D eigenvalue weighted by atomic mass is 32.2. The molecule has 0 aliphatic carbocycles. The number of nitrogens with one attached hydrogen (secondary N) is 1. The Morgan fingerprint density at radius 2 is 1.74 bits per heavy atom. The zero-order valence-corrected chi connectivity index (χ0v) is 12.6. The number of halogens is 1. The van der Waals surface area contributed by atoms with Gasteiger partial charge in [-0.05, 0) is 36.2 Å². The maximum absolute atomic E-state index is 13.6. The van der Waals surface area contributed by atoms with Gasteiger partial charge in [0.25, 0.3) is 0 Å². The molecule has 0 unspecified atom stereocenters. The number of aromatic hydroxyl groups is 1. The van der Waals surface area contributed by atoms with E-state index in [0.717, 1.165) is 12.1 Å². The Kier molecular flexibility index (Phi) is 4.97. The second kappa shape index (κ2) is 6.76. The number of hydrogen-bond acceptors (Lipinski definition) is 4. The lowest BCUT2D eigenvalue weighted by Gasteiger charge is -2.15. The Morgan fingerprint density at radius 3 is 2.30 bits per heavy atom. The molecule has 0 saturated heterocycles. The number of benzene rings is 2. The number of sulfonamides is 1. The summed E-state index contributed by atoms with van der Waals surface area (Å²) in [7, 11) is -4.32. The summed E-state index contributed by atoms with van der Waals surface area (Å²) in [5.41, 5.74) is 0.506. The van der Waals surface area contributed by atoms with Crippen LogP contribution in [0.2, 0.25) is 0 Å². The van der Waals surface area contributed by atoms with Gasteiger partial charge in [0.05, 0.1) is 0 Å². The zero-order valence-electron chi connectivity index (χ0n) is 11.8. The monoisotopic (exact) mass is 339 g/mol. The summed E-state index contributed by atoms with van der Waals surface area (Å²) in [4.78, 5) is 10.7. The number of rotatable bonds is 6. The maximum atomic E-state index is 13.6. The highest BCUT2D eigenvalue weighted by Crippen LogP contribution is 2.16. The first-order chi connectivity index (χ1) is 10.8. The van der Waals surface area contributed by atoms with Gasteiger partial charge in [0, 0.05) is 0 Å².